The van der Waals surface area contributed by atoms with Crippen molar-refractivity contribution in [3.63, 3.8) is 0 Å². The van der Waals surface area contributed by atoms with Crippen molar-refractivity contribution in [2.45, 2.75) is 52.0 Å². The van der Waals surface area contributed by atoms with Gasteiger partial charge >= 0.3 is 0 Å². The van der Waals surface area contributed by atoms with E-state index in [0.29, 0.717) is 31.2 Å². The second-order valence-electron chi connectivity index (χ2n) is 8.41. The van der Waals surface area contributed by atoms with Crippen molar-refractivity contribution in [1.29, 1.82) is 0 Å². The van der Waals surface area contributed by atoms with E-state index in [9.17, 15) is 9.59 Å². The maximum absolute atomic E-state index is 12.7. The Bertz CT molecular complexity index is 1040. The van der Waals surface area contributed by atoms with Crippen LogP contribution in [0.3, 0.4) is 0 Å². The first kappa shape index (κ1) is 20.3. The molecule has 30 heavy (non-hydrogen) atoms. The van der Waals surface area contributed by atoms with Gasteiger partial charge in [0.2, 0.25) is 5.91 Å². The zero-order valence-electron chi connectivity index (χ0n) is 17.7. The minimum absolute atomic E-state index is 0.0137. The molecule has 1 aliphatic rings. The molecule has 0 bridgehead atoms. The highest BCUT2D eigenvalue weighted by molar-refractivity contribution is 5.91. The quantitative estimate of drug-likeness (QED) is 0.678. The van der Waals surface area contributed by atoms with Gasteiger partial charge < -0.3 is 19.1 Å². The first-order valence-electron chi connectivity index (χ1n) is 10.5. The van der Waals surface area contributed by atoms with Crippen molar-refractivity contribution in [3.8, 4) is 0 Å². The van der Waals surface area contributed by atoms with E-state index in [2.05, 4.69) is 38.2 Å². The number of furan rings is 2. The number of rotatable bonds is 5. The monoisotopic (exact) mass is 408 g/mol. The number of piperidine rings is 1. The highest BCUT2D eigenvalue weighted by Gasteiger charge is 2.26. The smallest absolute Gasteiger partial charge is 0.289 e. The van der Waals surface area contributed by atoms with Gasteiger partial charge in [-0.2, -0.15) is 0 Å². The van der Waals surface area contributed by atoms with E-state index >= 15 is 0 Å². The molecule has 2 amide bonds. The number of carbonyl (C=O) groups is 2. The zero-order valence-corrected chi connectivity index (χ0v) is 17.7. The van der Waals surface area contributed by atoms with Crippen LogP contribution in [0.15, 0.2) is 45.6 Å². The second-order valence-corrected chi connectivity index (χ2v) is 8.41. The van der Waals surface area contributed by atoms with E-state index in [1.807, 2.05) is 0 Å². The molecule has 0 aliphatic carbocycles. The maximum atomic E-state index is 12.7. The van der Waals surface area contributed by atoms with Gasteiger partial charge in [0.1, 0.15) is 5.58 Å². The third kappa shape index (κ3) is 4.13. The number of nitrogens with zero attached hydrogens (tertiary/aromatic N) is 1. The van der Waals surface area contributed by atoms with Crippen LogP contribution in [-0.4, -0.2) is 35.8 Å². The molecule has 4 rings (SSSR count). The van der Waals surface area contributed by atoms with Gasteiger partial charge in [0.15, 0.2) is 5.76 Å². The lowest BCUT2D eigenvalue weighted by molar-refractivity contribution is -0.121. The Morgan fingerprint density at radius 3 is 2.63 bits per heavy atom. The predicted molar refractivity (Wildman–Crippen MR) is 115 cm³/mol. The molecule has 0 unspecified atom stereocenters. The van der Waals surface area contributed by atoms with E-state index in [-0.39, 0.29) is 17.9 Å². The summed E-state index contributed by atoms with van der Waals surface area (Å²) in [5, 5.41) is 4.14. The summed E-state index contributed by atoms with van der Waals surface area (Å²) in [6, 6.07) is 7.67. The molecule has 1 saturated heterocycles. The van der Waals surface area contributed by atoms with Gasteiger partial charge in [-0.3, -0.25) is 9.59 Å². The van der Waals surface area contributed by atoms with Crippen LogP contribution >= 0.6 is 0 Å². The molecule has 1 fully saturated rings. The van der Waals surface area contributed by atoms with Crippen LogP contribution in [0.5, 0.6) is 0 Å². The number of fused-ring (bicyclic) bond motifs is 1. The van der Waals surface area contributed by atoms with Gasteiger partial charge in [-0.1, -0.05) is 13.8 Å². The largest absolute Gasteiger partial charge is 0.464 e. The summed E-state index contributed by atoms with van der Waals surface area (Å²) in [6.45, 7) is 7.65. The van der Waals surface area contributed by atoms with Gasteiger partial charge in [-0.05, 0) is 61.1 Å². The molecule has 158 valence electrons. The normalized spacial score (nSPS) is 15.1. The zero-order chi connectivity index (χ0) is 21.3. The van der Waals surface area contributed by atoms with Gasteiger partial charge in [-0.25, -0.2) is 0 Å². The fourth-order valence-electron chi connectivity index (χ4n) is 4.24. The average molecular weight is 408 g/mol. The highest BCUT2D eigenvalue weighted by Crippen LogP contribution is 2.29. The van der Waals surface area contributed by atoms with Crippen molar-refractivity contribution in [1.82, 2.24) is 10.2 Å². The van der Waals surface area contributed by atoms with E-state index in [0.717, 1.165) is 29.4 Å². The Morgan fingerprint density at radius 2 is 1.97 bits per heavy atom. The molecular weight excluding hydrogens is 380 g/mol. The number of likely N-dealkylation sites (tertiary alicyclic amines) is 1. The Labute approximate surface area is 176 Å². The molecule has 0 saturated carbocycles. The summed E-state index contributed by atoms with van der Waals surface area (Å²) in [5.41, 5.74) is 4.22. The lowest BCUT2D eigenvalue weighted by atomic mass is 9.95. The molecule has 0 spiro atoms. The van der Waals surface area contributed by atoms with Gasteiger partial charge in [0, 0.05) is 30.1 Å². The van der Waals surface area contributed by atoms with E-state index in [4.69, 9.17) is 8.83 Å². The minimum atomic E-state index is -0.0918. The van der Waals surface area contributed by atoms with Crippen molar-refractivity contribution in [3.05, 3.63) is 59.2 Å². The van der Waals surface area contributed by atoms with Gasteiger partial charge in [0.25, 0.3) is 5.91 Å². The van der Waals surface area contributed by atoms with Crippen molar-refractivity contribution < 1.29 is 18.4 Å². The Hall–Kier alpha value is -3.02. The fraction of sp³-hybridized carbons (Fsp3) is 0.417. The number of benzene rings is 1. The molecule has 3 aromatic rings. The molecule has 1 aromatic carbocycles. The SMILES string of the molecule is Cc1cc2occ(CC(=O)NC3CCN(C(=O)c4ccco4)CC3)c2cc1C(C)C. The van der Waals surface area contributed by atoms with E-state index in [1.54, 1.807) is 23.3 Å². The molecule has 6 nitrogen and oxygen atoms in total. The molecule has 2 aromatic heterocycles. The lowest BCUT2D eigenvalue weighted by Gasteiger charge is -2.31. The van der Waals surface area contributed by atoms with Crippen molar-refractivity contribution >= 4 is 22.8 Å². The van der Waals surface area contributed by atoms with Crippen molar-refractivity contribution in [2.75, 3.05) is 13.1 Å². The lowest BCUT2D eigenvalue weighted by Crippen LogP contribution is -2.46. The maximum Gasteiger partial charge on any atom is 0.289 e. The summed E-state index contributed by atoms with van der Waals surface area (Å²) < 4.78 is 10.9. The standard InChI is InChI=1S/C24H28N2O4/c1-15(2)19-13-20-17(14-30-22(20)11-16(19)3)12-23(27)25-18-6-8-26(9-7-18)24(28)21-5-4-10-29-21/h4-5,10-11,13-15,18H,6-9,12H2,1-3H3,(H,25,27). The number of hydrogen-bond donors (Lipinski definition) is 1. The van der Waals surface area contributed by atoms with Crippen molar-refractivity contribution in [2.24, 2.45) is 0 Å². The molecule has 1 aliphatic heterocycles. The van der Waals surface area contributed by atoms with Crippen LogP contribution in [0.4, 0.5) is 0 Å². The summed E-state index contributed by atoms with van der Waals surface area (Å²) in [6.07, 6.45) is 4.96. The fourth-order valence-corrected chi connectivity index (χ4v) is 4.24. The van der Waals surface area contributed by atoms with Crippen LogP contribution in [0, 0.1) is 6.92 Å². The Kier molecular flexibility index (Phi) is 5.66. The summed E-state index contributed by atoms with van der Waals surface area (Å²) in [5.74, 6) is 0.673. The molecule has 6 heteroatoms. The van der Waals surface area contributed by atoms with Crippen LogP contribution in [0.2, 0.25) is 0 Å². The molecular formula is C24H28N2O4. The first-order chi connectivity index (χ1) is 14.4. The second kappa shape index (κ2) is 8.38. The topological polar surface area (TPSA) is 75.7 Å². The first-order valence-corrected chi connectivity index (χ1v) is 10.5. The molecule has 1 N–H and O–H groups in total. The van der Waals surface area contributed by atoms with Gasteiger partial charge in [0.05, 0.1) is 18.9 Å². The van der Waals surface area contributed by atoms with Crippen LogP contribution in [-0.2, 0) is 11.2 Å². The Balaban J connectivity index is 1.35. The summed E-state index contributed by atoms with van der Waals surface area (Å²) >= 11 is 0. The molecule has 3 heterocycles. The minimum Gasteiger partial charge on any atom is -0.464 e. The number of carbonyl (C=O) groups excluding carboxylic acids is 2. The highest BCUT2D eigenvalue weighted by atomic mass is 16.3. The summed E-state index contributed by atoms with van der Waals surface area (Å²) in [4.78, 5) is 26.8. The van der Waals surface area contributed by atoms with Gasteiger partial charge in [-0.15, -0.1) is 0 Å². The molecule has 0 radical (unpaired) electrons. The van der Waals surface area contributed by atoms with Crippen LogP contribution in [0.1, 0.15) is 59.9 Å². The number of hydrogen-bond acceptors (Lipinski definition) is 4. The van der Waals surface area contributed by atoms with Crippen LogP contribution < -0.4 is 5.32 Å². The number of nitrogens with one attached hydrogen (secondary N) is 1. The number of aryl methyl sites for hydroxylation is 1. The predicted octanol–water partition coefficient (Wildman–Crippen LogP) is 4.42. The summed E-state index contributed by atoms with van der Waals surface area (Å²) in [7, 11) is 0. The van der Waals surface area contributed by atoms with E-state index < -0.39 is 0 Å². The van der Waals surface area contributed by atoms with Crippen LogP contribution in [0.25, 0.3) is 11.0 Å². The average Bonchev–Trinajstić information content (AvgIpc) is 3.38. The Morgan fingerprint density at radius 1 is 1.20 bits per heavy atom. The third-order valence-electron chi connectivity index (χ3n) is 5.89. The number of amides is 2. The molecule has 0 atom stereocenters. The third-order valence-corrected chi connectivity index (χ3v) is 5.89. The van der Waals surface area contributed by atoms with E-state index in [1.165, 1.54) is 17.4 Å².